The minimum Gasteiger partial charge on any atom is -0.506 e. The van der Waals surface area contributed by atoms with Crippen LogP contribution in [0.1, 0.15) is 12.5 Å². The molecule has 0 aliphatic heterocycles. The van der Waals surface area contributed by atoms with Crippen molar-refractivity contribution >= 4 is 56.7 Å². The number of carboxylic acids is 1. The van der Waals surface area contributed by atoms with Gasteiger partial charge in [0.25, 0.3) is 0 Å². The standard InChI is InChI=1S/C10H8I2O3/c1-5(2-9(13)14)6-3-7(11)10(15)8(12)4-6/h2-4,15H,1H3,(H,13,14)/b5-2-. The van der Waals surface area contributed by atoms with Gasteiger partial charge < -0.3 is 10.2 Å². The first-order chi connectivity index (χ1) is 6.91. The van der Waals surface area contributed by atoms with Gasteiger partial charge in [-0.25, -0.2) is 4.79 Å². The molecule has 3 nitrogen and oxygen atoms in total. The molecule has 0 aliphatic rings. The topological polar surface area (TPSA) is 57.5 Å². The van der Waals surface area contributed by atoms with Crippen LogP contribution in [0, 0.1) is 7.14 Å². The van der Waals surface area contributed by atoms with Gasteiger partial charge in [0.2, 0.25) is 0 Å². The molecule has 0 saturated carbocycles. The molecule has 15 heavy (non-hydrogen) atoms. The lowest BCUT2D eigenvalue weighted by atomic mass is 10.1. The highest BCUT2D eigenvalue weighted by Crippen LogP contribution is 2.29. The first kappa shape index (κ1) is 12.8. The van der Waals surface area contributed by atoms with Crippen LogP contribution < -0.4 is 0 Å². The zero-order valence-electron chi connectivity index (χ0n) is 7.79. The van der Waals surface area contributed by atoms with Gasteiger partial charge in [-0.3, -0.25) is 0 Å². The number of carboxylic acid groups (broad SMARTS) is 1. The maximum atomic E-state index is 10.5. The number of phenolic OH excluding ortho intramolecular Hbond substituents is 1. The van der Waals surface area contributed by atoms with Crippen LogP contribution in [-0.2, 0) is 4.79 Å². The molecule has 1 aromatic carbocycles. The quantitative estimate of drug-likeness (QED) is 0.561. The number of carbonyl (C=O) groups is 1. The maximum absolute atomic E-state index is 10.5. The normalized spacial score (nSPS) is 11.5. The zero-order chi connectivity index (χ0) is 11.6. The summed E-state index contributed by atoms with van der Waals surface area (Å²) in [6.45, 7) is 1.73. The van der Waals surface area contributed by atoms with Crippen molar-refractivity contribution in [2.45, 2.75) is 6.92 Å². The molecule has 0 atom stereocenters. The van der Waals surface area contributed by atoms with E-state index in [2.05, 4.69) is 0 Å². The lowest BCUT2D eigenvalue weighted by Gasteiger charge is -2.05. The predicted molar refractivity (Wildman–Crippen MR) is 74.8 cm³/mol. The highest BCUT2D eigenvalue weighted by Gasteiger charge is 2.07. The van der Waals surface area contributed by atoms with Crippen LogP contribution in [0.2, 0.25) is 0 Å². The molecule has 5 heteroatoms. The van der Waals surface area contributed by atoms with Crippen LogP contribution >= 0.6 is 45.2 Å². The van der Waals surface area contributed by atoms with Gasteiger partial charge in [-0.15, -0.1) is 0 Å². The first-order valence-corrected chi connectivity index (χ1v) is 6.17. The van der Waals surface area contributed by atoms with E-state index in [0.29, 0.717) is 12.7 Å². The summed E-state index contributed by atoms with van der Waals surface area (Å²) in [7, 11) is 0. The van der Waals surface area contributed by atoms with E-state index in [9.17, 15) is 9.90 Å². The molecular weight excluding hydrogens is 422 g/mol. The van der Waals surface area contributed by atoms with E-state index < -0.39 is 5.97 Å². The molecule has 2 N–H and O–H groups in total. The molecule has 1 aromatic rings. The van der Waals surface area contributed by atoms with E-state index in [0.717, 1.165) is 11.6 Å². The summed E-state index contributed by atoms with van der Waals surface area (Å²) < 4.78 is 1.43. The number of rotatable bonds is 2. The largest absolute Gasteiger partial charge is 0.506 e. The van der Waals surface area contributed by atoms with Crippen LogP contribution in [0.25, 0.3) is 5.57 Å². The van der Waals surface area contributed by atoms with Crippen molar-refractivity contribution in [2.75, 3.05) is 0 Å². The number of benzene rings is 1. The number of hydrogen-bond donors (Lipinski definition) is 2. The Labute approximate surface area is 114 Å². The maximum Gasteiger partial charge on any atom is 0.328 e. The summed E-state index contributed by atoms with van der Waals surface area (Å²) >= 11 is 4.03. The molecule has 0 aromatic heterocycles. The molecule has 0 spiro atoms. The average Bonchev–Trinajstić information content (AvgIpc) is 2.12. The number of halogens is 2. The van der Waals surface area contributed by atoms with Crippen molar-refractivity contribution in [3.63, 3.8) is 0 Å². The summed E-state index contributed by atoms with van der Waals surface area (Å²) in [5.41, 5.74) is 1.47. The SMILES string of the molecule is C/C(=C/C(=O)O)c1cc(I)c(O)c(I)c1. The highest BCUT2D eigenvalue weighted by atomic mass is 127. The van der Waals surface area contributed by atoms with E-state index in [1.54, 1.807) is 19.1 Å². The van der Waals surface area contributed by atoms with Crippen molar-refractivity contribution < 1.29 is 15.0 Å². The molecule has 0 heterocycles. The van der Waals surface area contributed by atoms with Gasteiger partial charge in [-0.05, 0) is 75.4 Å². The van der Waals surface area contributed by atoms with Crippen molar-refractivity contribution in [1.29, 1.82) is 0 Å². The number of hydrogen-bond acceptors (Lipinski definition) is 2. The minimum atomic E-state index is -0.967. The summed E-state index contributed by atoms with van der Waals surface area (Å²) in [6.07, 6.45) is 1.15. The monoisotopic (exact) mass is 430 g/mol. The highest BCUT2D eigenvalue weighted by molar-refractivity contribution is 14.1. The first-order valence-electron chi connectivity index (χ1n) is 4.01. The van der Waals surface area contributed by atoms with Crippen LogP contribution in [-0.4, -0.2) is 16.2 Å². The lowest BCUT2D eigenvalue weighted by molar-refractivity contribution is -0.131. The van der Waals surface area contributed by atoms with Gasteiger partial charge in [-0.2, -0.15) is 0 Å². The lowest BCUT2D eigenvalue weighted by Crippen LogP contribution is -1.91. The fourth-order valence-corrected chi connectivity index (χ4v) is 2.83. The van der Waals surface area contributed by atoms with Crippen molar-refractivity contribution in [3.8, 4) is 5.75 Å². The number of aromatic hydroxyl groups is 1. The molecular formula is C10H8I2O3. The van der Waals surface area contributed by atoms with Gasteiger partial charge in [-0.1, -0.05) is 0 Å². The van der Waals surface area contributed by atoms with Crippen LogP contribution in [0.15, 0.2) is 18.2 Å². The predicted octanol–water partition coefficient (Wildman–Crippen LogP) is 3.09. The smallest absolute Gasteiger partial charge is 0.328 e. The van der Waals surface area contributed by atoms with Crippen LogP contribution in [0.4, 0.5) is 0 Å². The molecule has 80 valence electrons. The second-order valence-electron chi connectivity index (χ2n) is 2.95. The van der Waals surface area contributed by atoms with Crippen LogP contribution in [0.5, 0.6) is 5.75 Å². The van der Waals surface area contributed by atoms with E-state index in [1.165, 1.54) is 0 Å². The van der Waals surface area contributed by atoms with Gasteiger partial charge in [0, 0.05) is 6.08 Å². The second kappa shape index (κ2) is 5.15. The van der Waals surface area contributed by atoms with E-state index in [-0.39, 0.29) is 5.75 Å². The van der Waals surface area contributed by atoms with Gasteiger partial charge in [0.05, 0.1) is 7.14 Å². The van der Waals surface area contributed by atoms with Gasteiger partial charge in [0.15, 0.2) is 0 Å². The number of allylic oxidation sites excluding steroid dienone is 1. The fourth-order valence-electron chi connectivity index (χ4n) is 1.06. The second-order valence-corrected chi connectivity index (χ2v) is 5.28. The Morgan fingerprint density at radius 1 is 1.33 bits per heavy atom. The molecule has 0 amide bonds. The molecule has 0 bridgehead atoms. The van der Waals surface area contributed by atoms with Crippen molar-refractivity contribution in [1.82, 2.24) is 0 Å². The summed E-state index contributed by atoms with van der Waals surface area (Å²) in [6, 6.07) is 3.51. The zero-order valence-corrected chi connectivity index (χ0v) is 12.1. The fraction of sp³-hybridized carbons (Fsp3) is 0.100. The number of phenols is 1. The Morgan fingerprint density at radius 2 is 1.80 bits per heavy atom. The number of aliphatic carboxylic acids is 1. The summed E-state index contributed by atoms with van der Waals surface area (Å²) in [4.78, 5) is 10.5. The van der Waals surface area contributed by atoms with Crippen molar-refractivity contribution in [3.05, 3.63) is 30.9 Å². The summed E-state index contributed by atoms with van der Waals surface area (Å²) in [5, 5.41) is 18.2. The average molecular weight is 430 g/mol. The molecule has 0 unspecified atom stereocenters. The van der Waals surface area contributed by atoms with Gasteiger partial charge >= 0.3 is 5.97 Å². The van der Waals surface area contributed by atoms with E-state index >= 15 is 0 Å². The molecule has 0 saturated heterocycles. The Bertz CT molecular complexity index is 415. The third-order valence-corrected chi connectivity index (χ3v) is 3.46. The van der Waals surface area contributed by atoms with Crippen LogP contribution in [0.3, 0.4) is 0 Å². The summed E-state index contributed by atoms with van der Waals surface area (Å²) in [5.74, 6) is -0.728. The van der Waals surface area contributed by atoms with E-state index in [4.69, 9.17) is 5.11 Å². The molecule has 1 rings (SSSR count). The van der Waals surface area contributed by atoms with E-state index in [1.807, 2.05) is 45.2 Å². The third-order valence-electron chi connectivity index (χ3n) is 1.81. The molecule has 0 aliphatic carbocycles. The Balaban J connectivity index is 3.23. The molecule has 0 radical (unpaired) electrons. The third kappa shape index (κ3) is 3.33. The Morgan fingerprint density at radius 3 is 2.20 bits per heavy atom. The van der Waals surface area contributed by atoms with Gasteiger partial charge in [0.1, 0.15) is 5.75 Å². The van der Waals surface area contributed by atoms with Crippen molar-refractivity contribution in [2.24, 2.45) is 0 Å². The minimum absolute atomic E-state index is 0.239. The Kier molecular flexibility index (Phi) is 4.38. The Hall–Kier alpha value is -0.310. The molecule has 0 fully saturated rings.